The van der Waals surface area contributed by atoms with Gasteiger partial charge in [-0.3, -0.25) is 10.2 Å². The van der Waals surface area contributed by atoms with E-state index in [-0.39, 0.29) is 6.61 Å². The Hall–Kier alpha value is -2.69. The Morgan fingerprint density at radius 1 is 1.32 bits per heavy atom. The lowest BCUT2D eigenvalue weighted by Gasteiger charge is -2.33. The number of halogens is 1. The van der Waals surface area contributed by atoms with Gasteiger partial charge in [0, 0.05) is 12.6 Å². The molecular weight excluding hydrogens is 373 g/mol. The maximum absolute atomic E-state index is 14.3. The fraction of sp³-hybridized carbons (Fsp3) is 0.444. The van der Waals surface area contributed by atoms with Crippen LogP contribution in [0.15, 0.2) is 42.4 Å². The Kier molecular flexibility index (Phi) is 6.12. The van der Waals surface area contributed by atoms with E-state index in [0.717, 1.165) is 16.7 Å². The van der Waals surface area contributed by atoms with Crippen LogP contribution in [0.2, 0.25) is 0 Å². The van der Waals surface area contributed by atoms with Gasteiger partial charge in [0.05, 0.1) is 12.7 Å². The number of nitrogens with one attached hydrogen (secondary N) is 2. The van der Waals surface area contributed by atoms with Crippen molar-refractivity contribution < 1.29 is 33.7 Å². The summed E-state index contributed by atoms with van der Waals surface area (Å²) in [5, 5.41) is 24.1. The molecule has 9 nitrogen and oxygen atoms in total. The first-order valence-electron chi connectivity index (χ1n) is 8.81. The van der Waals surface area contributed by atoms with Crippen molar-refractivity contribution in [2.45, 2.75) is 44.1 Å². The van der Waals surface area contributed by atoms with Crippen LogP contribution in [-0.2, 0) is 15.9 Å². The average molecular weight is 395 g/mol. The van der Waals surface area contributed by atoms with E-state index in [1.807, 2.05) is 30.3 Å². The molecule has 10 heteroatoms. The molecule has 0 aliphatic carbocycles. The fourth-order valence-electron chi connectivity index (χ4n) is 2.95. The van der Waals surface area contributed by atoms with Crippen LogP contribution in [0.5, 0.6) is 0 Å². The van der Waals surface area contributed by atoms with Crippen molar-refractivity contribution in [3.05, 3.63) is 47.9 Å². The normalized spacial score (nSPS) is 29.9. The molecule has 3 rings (SSSR count). The van der Waals surface area contributed by atoms with Gasteiger partial charge >= 0.3 is 12.1 Å². The number of amides is 3. The number of carbonyl (C=O) groups is 2. The topological polar surface area (TPSA) is 120 Å². The summed E-state index contributed by atoms with van der Waals surface area (Å²) in [7, 11) is 0. The van der Waals surface area contributed by atoms with Crippen molar-refractivity contribution in [2.24, 2.45) is 0 Å². The Bertz CT molecular complexity index is 746. The molecule has 152 valence electrons. The van der Waals surface area contributed by atoms with Gasteiger partial charge in [0.25, 0.3) is 0 Å². The monoisotopic (exact) mass is 395 g/mol. The molecule has 0 saturated carbocycles. The van der Waals surface area contributed by atoms with E-state index in [9.17, 15) is 24.2 Å². The average Bonchev–Trinajstić information content (AvgIpc) is 2.92. The van der Waals surface area contributed by atoms with E-state index in [0.29, 0.717) is 6.42 Å². The molecule has 1 fully saturated rings. The first-order valence-corrected chi connectivity index (χ1v) is 8.81. The summed E-state index contributed by atoms with van der Waals surface area (Å²) in [4.78, 5) is 24.9. The number of urea groups is 1. The number of carbonyl (C=O) groups excluding carboxylic acids is 2. The Morgan fingerprint density at radius 3 is 2.68 bits per heavy atom. The number of alkyl carbamates (subject to hydrolysis) is 1. The summed E-state index contributed by atoms with van der Waals surface area (Å²) < 4.78 is 24.6. The highest BCUT2D eigenvalue weighted by Gasteiger charge is 2.46. The van der Waals surface area contributed by atoms with Crippen LogP contribution in [0.3, 0.4) is 0 Å². The SMILES string of the molecule is C[C@H]1O[C@@H](N2C=C(F)C(NC(=O)OCCc3ccccc3)NC2=O)[C@H](O)[C@@H]1O. The van der Waals surface area contributed by atoms with Crippen molar-refractivity contribution in [3.63, 3.8) is 0 Å². The molecule has 1 saturated heterocycles. The van der Waals surface area contributed by atoms with Crippen molar-refractivity contribution in [2.75, 3.05) is 6.61 Å². The molecule has 0 radical (unpaired) electrons. The maximum atomic E-state index is 14.3. The molecule has 28 heavy (non-hydrogen) atoms. The molecule has 2 aliphatic rings. The van der Waals surface area contributed by atoms with Crippen LogP contribution in [0, 0.1) is 0 Å². The predicted molar refractivity (Wildman–Crippen MR) is 94.3 cm³/mol. The molecule has 5 atom stereocenters. The molecule has 3 amide bonds. The highest BCUT2D eigenvalue weighted by atomic mass is 19.1. The molecular formula is C18H22FN3O6. The van der Waals surface area contributed by atoms with Gasteiger partial charge in [0.1, 0.15) is 12.2 Å². The minimum atomic E-state index is -1.41. The minimum Gasteiger partial charge on any atom is -0.449 e. The highest BCUT2D eigenvalue weighted by Crippen LogP contribution is 2.26. The lowest BCUT2D eigenvalue weighted by Crippen LogP contribution is -2.58. The molecule has 1 aromatic carbocycles. The summed E-state index contributed by atoms with van der Waals surface area (Å²) in [5.74, 6) is -0.885. The second-order valence-corrected chi connectivity index (χ2v) is 6.53. The quantitative estimate of drug-likeness (QED) is 0.579. The summed E-state index contributed by atoms with van der Waals surface area (Å²) in [6.45, 7) is 1.61. The number of aliphatic hydroxyl groups is 2. The van der Waals surface area contributed by atoms with Crippen LogP contribution in [-0.4, -0.2) is 64.5 Å². The number of aliphatic hydroxyl groups excluding tert-OH is 2. The van der Waals surface area contributed by atoms with Crippen LogP contribution >= 0.6 is 0 Å². The largest absolute Gasteiger partial charge is 0.449 e. The predicted octanol–water partition coefficient (Wildman–Crippen LogP) is 0.584. The molecule has 4 N–H and O–H groups in total. The van der Waals surface area contributed by atoms with Gasteiger partial charge in [-0.2, -0.15) is 0 Å². The van der Waals surface area contributed by atoms with Crippen LogP contribution in [0.1, 0.15) is 12.5 Å². The molecule has 0 bridgehead atoms. The Balaban J connectivity index is 1.53. The smallest absolute Gasteiger partial charge is 0.409 e. The summed E-state index contributed by atoms with van der Waals surface area (Å²) >= 11 is 0. The lowest BCUT2D eigenvalue weighted by atomic mass is 10.1. The zero-order valence-corrected chi connectivity index (χ0v) is 15.1. The van der Waals surface area contributed by atoms with Crippen molar-refractivity contribution >= 4 is 12.1 Å². The summed E-state index contributed by atoms with van der Waals surface area (Å²) in [6, 6.07) is 8.57. The van der Waals surface area contributed by atoms with Gasteiger partial charge in [-0.25, -0.2) is 14.0 Å². The first-order chi connectivity index (χ1) is 13.4. The number of ether oxygens (including phenoxy) is 2. The summed E-state index contributed by atoms with van der Waals surface area (Å²) in [5.41, 5.74) is 0.981. The number of nitrogens with zero attached hydrogens (tertiary/aromatic N) is 1. The molecule has 1 aromatic rings. The van der Waals surface area contributed by atoms with Crippen molar-refractivity contribution in [1.29, 1.82) is 0 Å². The zero-order valence-electron chi connectivity index (χ0n) is 15.1. The Morgan fingerprint density at radius 2 is 2.04 bits per heavy atom. The Labute approximate surface area is 160 Å². The van der Waals surface area contributed by atoms with Gasteiger partial charge in [-0.1, -0.05) is 30.3 Å². The number of hydrogen-bond acceptors (Lipinski definition) is 6. The second-order valence-electron chi connectivity index (χ2n) is 6.53. The fourth-order valence-corrected chi connectivity index (χ4v) is 2.95. The summed E-state index contributed by atoms with van der Waals surface area (Å²) in [6.07, 6.45) is -5.55. The highest BCUT2D eigenvalue weighted by molar-refractivity contribution is 5.79. The van der Waals surface area contributed by atoms with Gasteiger partial charge in [0.2, 0.25) is 0 Å². The third-order valence-corrected chi connectivity index (χ3v) is 4.52. The zero-order chi connectivity index (χ0) is 20.3. The van der Waals surface area contributed by atoms with E-state index in [1.54, 1.807) is 0 Å². The van der Waals surface area contributed by atoms with Crippen molar-refractivity contribution in [3.8, 4) is 0 Å². The van der Waals surface area contributed by atoms with Crippen LogP contribution in [0.25, 0.3) is 0 Å². The minimum absolute atomic E-state index is 0.0891. The molecule has 2 heterocycles. The van der Waals surface area contributed by atoms with Gasteiger partial charge in [-0.05, 0) is 12.5 Å². The second kappa shape index (κ2) is 8.55. The lowest BCUT2D eigenvalue weighted by molar-refractivity contribution is -0.0517. The van der Waals surface area contributed by atoms with E-state index >= 15 is 0 Å². The van der Waals surface area contributed by atoms with Gasteiger partial charge in [-0.15, -0.1) is 0 Å². The van der Waals surface area contributed by atoms with Crippen LogP contribution < -0.4 is 10.6 Å². The standard InChI is InChI=1S/C18H22FN3O6/c1-10-13(23)14(24)16(28-10)22-9-12(19)15(20-17(22)25)21-18(26)27-8-7-11-5-3-2-4-6-11/h2-6,9-10,13-16,23-24H,7-8H2,1H3,(H,20,25)(H,21,26)/t10-,13-,14-,15?,16-/m1/s1. The van der Waals surface area contributed by atoms with Crippen LogP contribution in [0.4, 0.5) is 14.0 Å². The van der Waals surface area contributed by atoms with Gasteiger partial charge < -0.3 is 25.0 Å². The number of rotatable bonds is 5. The third kappa shape index (κ3) is 4.41. The third-order valence-electron chi connectivity index (χ3n) is 4.52. The van der Waals surface area contributed by atoms with E-state index in [1.165, 1.54) is 6.92 Å². The maximum Gasteiger partial charge on any atom is 0.409 e. The van der Waals surface area contributed by atoms with E-state index in [2.05, 4.69) is 10.6 Å². The molecule has 0 aromatic heterocycles. The first kappa shape index (κ1) is 20.1. The van der Waals surface area contributed by atoms with Crippen molar-refractivity contribution in [1.82, 2.24) is 15.5 Å². The molecule has 1 unspecified atom stereocenters. The van der Waals surface area contributed by atoms with E-state index in [4.69, 9.17) is 9.47 Å². The van der Waals surface area contributed by atoms with Gasteiger partial charge in [0.15, 0.2) is 18.2 Å². The molecule has 0 spiro atoms. The number of hydrogen-bond donors (Lipinski definition) is 4. The molecule has 2 aliphatic heterocycles. The number of benzene rings is 1. The van der Waals surface area contributed by atoms with E-state index < -0.39 is 48.7 Å².